The van der Waals surface area contributed by atoms with E-state index in [1.54, 1.807) is 36.4 Å². The van der Waals surface area contributed by atoms with E-state index in [1.807, 2.05) is 13.8 Å². The van der Waals surface area contributed by atoms with E-state index < -0.39 is 0 Å². The molecule has 0 atom stereocenters. The lowest BCUT2D eigenvalue weighted by Gasteiger charge is -2.14. The average Bonchev–Trinajstić information content (AvgIpc) is 3.18. The Labute approximate surface area is 179 Å². The number of halogens is 1. The molecule has 0 saturated carbocycles. The molecule has 0 bridgehead atoms. The maximum atomic E-state index is 13.0. The van der Waals surface area contributed by atoms with E-state index >= 15 is 0 Å². The Morgan fingerprint density at radius 3 is 2.39 bits per heavy atom. The number of hydrogen-bond acceptors (Lipinski definition) is 5. The van der Waals surface area contributed by atoms with E-state index in [-0.39, 0.29) is 30.2 Å². The summed E-state index contributed by atoms with van der Waals surface area (Å²) in [7, 11) is 0. The van der Waals surface area contributed by atoms with Crippen LogP contribution in [0.15, 0.2) is 53.1 Å². The van der Waals surface area contributed by atoms with Gasteiger partial charge >= 0.3 is 6.03 Å². The average molecular weight is 425 g/mol. The minimum atomic E-state index is -0.343. The van der Waals surface area contributed by atoms with Crippen molar-refractivity contribution in [1.82, 2.24) is 15.5 Å². The number of amides is 3. The van der Waals surface area contributed by atoms with Gasteiger partial charge in [0.15, 0.2) is 0 Å². The summed E-state index contributed by atoms with van der Waals surface area (Å²) in [5.74, 6) is 0.242. The number of urea groups is 1. The summed E-state index contributed by atoms with van der Waals surface area (Å²) in [4.78, 5) is 28.5. The molecule has 3 amide bonds. The molecule has 3 aromatic rings. The maximum Gasteiger partial charge on any atom is 0.319 e. The van der Waals surface area contributed by atoms with Gasteiger partial charge in [-0.2, -0.15) is 4.98 Å². The Bertz CT molecular complexity index is 1030. The predicted octanol–water partition coefficient (Wildman–Crippen LogP) is 4.37. The summed E-state index contributed by atoms with van der Waals surface area (Å²) in [6.45, 7) is 3.72. The van der Waals surface area contributed by atoms with Crippen LogP contribution in [0, 0.1) is 5.82 Å². The number of nitrogens with one attached hydrogen (secondary N) is 3. The van der Waals surface area contributed by atoms with E-state index in [1.165, 1.54) is 12.1 Å². The van der Waals surface area contributed by atoms with Gasteiger partial charge in [0.05, 0.1) is 11.4 Å². The summed E-state index contributed by atoms with van der Waals surface area (Å²) < 4.78 is 18.2. The third-order valence-corrected chi connectivity index (χ3v) is 4.23. The summed E-state index contributed by atoms with van der Waals surface area (Å²) in [6, 6.07) is 12.4. The third-order valence-electron chi connectivity index (χ3n) is 4.23. The molecule has 3 rings (SSSR count). The number of carbonyl (C=O) groups excluding carboxylic acids is 2. The first kappa shape index (κ1) is 21.9. The molecule has 0 fully saturated rings. The Morgan fingerprint density at radius 1 is 1.03 bits per heavy atom. The largest absolute Gasteiger partial charge is 0.339 e. The van der Waals surface area contributed by atoms with Crippen molar-refractivity contribution in [3.63, 3.8) is 0 Å². The second-order valence-corrected chi connectivity index (χ2v) is 7.22. The lowest BCUT2D eigenvalue weighted by molar-refractivity contribution is -0.116. The molecule has 162 valence electrons. The van der Waals surface area contributed by atoms with Gasteiger partial charge in [0, 0.05) is 24.4 Å². The zero-order chi connectivity index (χ0) is 22.2. The molecule has 0 aliphatic carbocycles. The summed E-state index contributed by atoms with van der Waals surface area (Å²) >= 11 is 0. The predicted molar refractivity (Wildman–Crippen MR) is 115 cm³/mol. The van der Waals surface area contributed by atoms with E-state index in [0.29, 0.717) is 41.5 Å². The van der Waals surface area contributed by atoms with Crippen molar-refractivity contribution < 1.29 is 18.5 Å². The number of benzene rings is 2. The lowest BCUT2D eigenvalue weighted by Crippen LogP contribution is -2.34. The van der Waals surface area contributed by atoms with Crippen LogP contribution in [0.4, 0.5) is 20.6 Å². The molecule has 2 aromatic carbocycles. The molecule has 31 heavy (non-hydrogen) atoms. The normalized spacial score (nSPS) is 10.7. The third kappa shape index (κ3) is 6.63. The summed E-state index contributed by atoms with van der Waals surface area (Å²) in [5, 5.41) is 12.2. The van der Waals surface area contributed by atoms with Gasteiger partial charge in [-0.05, 0) is 56.7 Å². The van der Waals surface area contributed by atoms with Crippen molar-refractivity contribution in [2.24, 2.45) is 0 Å². The number of nitrogens with zero attached hydrogens (tertiary/aromatic N) is 2. The molecule has 0 saturated heterocycles. The first-order valence-electron chi connectivity index (χ1n) is 9.95. The quantitative estimate of drug-likeness (QED) is 0.497. The van der Waals surface area contributed by atoms with Gasteiger partial charge in [-0.3, -0.25) is 4.79 Å². The Kier molecular flexibility index (Phi) is 7.31. The first-order chi connectivity index (χ1) is 14.9. The van der Waals surface area contributed by atoms with Crippen LogP contribution in [0.3, 0.4) is 0 Å². The van der Waals surface area contributed by atoms with Gasteiger partial charge in [0.1, 0.15) is 5.82 Å². The van der Waals surface area contributed by atoms with Crippen LogP contribution in [0.5, 0.6) is 0 Å². The zero-order valence-corrected chi connectivity index (χ0v) is 17.3. The van der Waals surface area contributed by atoms with Crippen LogP contribution in [-0.2, 0) is 11.2 Å². The van der Waals surface area contributed by atoms with Crippen molar-refractivity contribution >= 4 is 23.3 Å². The number of aromatic nitrogens is 2. The molecule has 0 unspecified atom stereocenters. The van der Waals surface area contributed by atoms with Crippen LogP contribution in [0.2, 0.25) is 0 Å². The first-order valence-corrected chi connectivity index (χ1v) is 9.95. The summed E-state index contributed by atoms with van der Waals surface area (Å²) in [5.41, 5.74) is 1.68. The highest BCUT2D eigenvalue weighted by atomic mass is 19.1. The topological polar surface area (TPSA) is 109 Å². The monoisotopic (exact) mass is 425 g/mol. The van der Waals surface area contributed by atoms with Crippen molar-refractivity contribution in [2.45, 2.75) is 39.2 Å². The van der Waals surface area contributed by atoms with E-state index in [0.717, 1.165) is 0 Å². The second-order valence-electron chi connectivity index (χ2n) is 7.22. The SMILES string of the molecule is CC(C)NC(=O)Nc1ccccc1NC(=O)CCCc1nc(-c2ccc(F)cc2)no1. The maximum absolute atomic E-state index is 13.0. The van der Waals surface area contributed by atoms with Crippen molar-refractivity contribution in [3.05, 3.63) is 60.2 Å². The summed E-state index contributed by atoms with van der Waals surface area (Å²) in [6.07, 6.45) is 1.17. The fourth-order valence-electron chi connectivity index (χ4n) is 2.81. The number of rotatable bonds is 8. The minimum Gasteiger partial charge on any atom is -0.339 e. The molecule has 9 heteroatoms. The zero-order valence-electron chi connectivity index (χ0n) is 17.3. The highest BCUT2D eigenvalue weighted by molar-refractivity contribution is 5.99. The van der Waals surface area contributed by atoms with Crippen molar-refractivity contribution in [1.29, 1.82) is 0 Å². The molecule has 0 aliphatic rings. The van der Waals surface area contributed by atoms with Gasteiger partial charge in [0.2, 0.25) is 17.6 Å². The highest BCUT2D eigenvalue weighted by Gasteiger charge is 2.12. The van der Waals surface area contributed by atoms with E-state index in [9.17, 15) is 14.0 Å². The fourth-order valence-corrected chi connectivity index (χ4v) is 2.81. The Balaban J connectivity index is 1.50. The lowest BCUT2D eigenvalue weighted by atomic mass is 10.2. The van der Waals surface area contributed by atoms with Crippen LogP contribution in [0.25, 0.3) is 11.4 Å². The molecular formula is C22H24FN5O3. The molecule has 1 aromatic heterocycles. The van der Waals surface area contributed by atoms with Gasteiger partial charge in [0.25, 0.3) is 0 Å². The van der Waals surface area contributed by atoms with Gasteiger partial charge in [-0.25, -0.2) is 9.18 Å². The minimum absolute atomic E-state index is 0.00460. The van der Waals surface area contributed by atoms with Crippen LogP contribution >= 0.6 is 0 Å². The number of anilines is 2. The molecule has 3 N–H and O–H groups in total. The van der Waals surface area contributed by atoms with Crippen LogP contribution < -0.4 is 16.0 Å². The smallest absolute Gasteiger partial charge is 0.319 e. The molecule has 0 aliphatic heterocycles. The number of carbonyl (C=O) groups is 2. The Hall–Kier alpha value is -3.75. The van der Waals surface area contributed by atoms with Gasteiger partial charge in [-0.1, -0.05) is 17.3 Å². The van der Waals surface area contributed by atoms with Crippen molar-refractivity contribution in [3.8, 4) is 11.4 Å². The van der Waals surface area contributed by atoms with Crippen LogP contribution in [-0.4, -0.2) is 28.1 Å². The standard InChI is InChI=1S/C22H24FN5O3/c1-14(2)24-22(30)26-18-7-4-3-6-17(18)25-19(29)8-5-9-20-27-21(28-31-20)15-10-12-16(23)13-11-15/h3-4,6-7,10-14H,5,8-9H2,1-2H3,(H,25,29)(H2,24,26,30). The second kappa shape index (κ2) is 10.3. The molecule has 1 heterocycles. The number of para-hydroxylation sites is 2. The molecule has 0 spiro atoms. The van der Waals surface area contributed by atoms with Crippen LogP contribution in [0.1, 0.15) is 32.6 Å². The van der Waals surface area contributed by atoms with E-state index in [4.69, 9.17) is 4.52 Å². The number of hydrogen-bond donors (Lipinski definition) is 3. The highest BCUT2D eigenvalue weighted by Crippen LogP contribution is 2.21. The number of aryl methyl sites for hydroxylation is 1. The Morgan fingerprint density at radius 2 is 1.71 bits per heavy atom. The van der Waals surface area contributed by atoms with E-state index in [2.05, 4.69) is 26.1 Å². The molecular weight excluding hydrogens is 401 g/mol. The van der Waals surface area contributed by atoms with Crippen molar-refractivity contribution in [2.75, 3.05) is 10.6 Å². The molecule has 8 nitrogen and oxygen atoms in total. The van der Waals surface area contributed by atoms with Gasteiger partial charge < -0.3 is 20.5 Å². The van der Waals surface area contributed by atoms with Gasteiger partial charge in [-0.15, -0.1) is 0 Å². The fraction of sp³-hybridized carbons (Fsp3) is 0.273. The molecule has 0 radical (unpaired) electrons.